The summed E-state index contributed by atoms with van der Waals surface area (Å²) in [4.78, 5) is 11.6. The molecule has 1 unspecified atom stereocenters. The minimum Gasteiger partial charge on any atom is -0.496 e. The molecule has 2 aromatic rings. The van der Waals surface area contributed by atoms with E-state index in [0.717, 1.165) is 12.0 Å². The van der Waals surface area contributed by atoms with Crippen molar-refractivity contribution in [3.63, 3.8) is 0 Å². The Morgan fingerprint density at radius 2 is 1.93 bits per heavy atom. The summed E-state index contributed by atoms with van der Waals surface area (Å²) in [7, 11) is 3.09. The largest absolute Gasteiger partial charge is 0.496 e. The second-order valence-corrected chi connectivity index (χ2v) is 7.85. The number of allylic oxidation sites excluding steroid dienone is 1. The number of anilines is 1. The predicted octanol–water partition coefficient (Wildman–Crippen LogP) is 6.52. The lowest BCUT2D eigenvalue weighted by Gasteiger charge is -2.23. The minimum atomic E-state index is -0.294. The maximum absolute atomic E-state index is 11.6. The van der Waals surface area contributed by atoms with E-state index in [1.165, 1.54) is 18.7 Å². The van der Waals surface area contributed by atoms with Gasteiger partial charge in [-0.05, 0) is 56.0 Å². The first-order valence-electron chi connectivity index (χ1n) is 10.1. The van der Waals surface area contributed by atoms with E-state index in [2.05, 4.69) is 30.6 Å². The number of nitrogens with one attached hydrogen (secondary N) is 1. The van der Waals surface area contributed by atoms with Gasteiger partial charge in [-0.3, -0.25) is 10.7 Å². The first-order chi connectivity index (χ1) is 14.4. The number of benzene rings is 2. The highest BCUT2D eigenvalue weighted by Gasteiger charge is 2.25. The lowest BCUT2D eigenvalue weighted by atomic mass is 9.96. The fourth-order valence-corrected chi connectivity index (χ4v) is 3.36. The molecule has 0 fully saturated rings. The SMILES string of the molecule is COc1cc(C(CC=C(C)C)OCCC(C)C)c(OC)c2c(N=O)ccc(NO)c12. The van der Waals surface area contributed by atoms with Crippen LogP contribution in [0.1, 0.15) is 52.2 Å². The maximum Gasteiger partial charge on any atom is 0.135 e. The summed E-state index contributed by atoms with van der Waals surface area (Å²) >= 11 is 0. The van der Waals surface area contributed by atoms with E-state index < -0.39 is 0 Å². The number of nitrogens with zero attached hydrogens (tertiary/aromatic N) is 1. The highest BCUT2D eigenvalue weighted by Crippen LogP contribution is 2.48. The zero-order valence-electron chi connectivity index (χ0n) is 18.6. The molecular formula is C23H32N2O5. The van der Waals surface area contributed by atoms with Crippen LogP contribution in [0, 0.1) is 10.8 Å². The van der Waals surface area contributed by atoms with Crippen molar-refractivity contribution in [2.45, 2.75) is 46.6 Å². The molecule has 1 atom stereocenters. The molecule has 164 valence electrons. The average Bonchev–Trinajstić information content (AvgIpc) is 2.73. The number of fused-ring (bicyclic) bond motifs is 1. The molecule has 0 radical (unpaired) electrons. The van der Waals surface area contributed by atoms with E-state index in [0.29, 0.717) is 46.9 Å². The van der Waals surface area contributed by atoms with Crippen LogP contribution >= 0.6 is 0 Å². The van der Waals surface area contributed by atoms with Crippen molar-refractivity contribution >= 4 is 22.1 Å². The third kappa shape index (κ3) is 5.29. The van der Waals surface area contributed by atoms with E-state index in [1.54, 1.807) is 13.2 Å². The van der Waals surface area contributed by atoms with E-state index in [4.69, 9.17) is 14.2 Å². The van der Waals surface area contributed by atoms with Gasteiger partial charge in [0.25, 0.3) is 0 Å². The zero-order chi connectivity index (χ0) is 22.3. The number of ether oxygens (including phenoxy) is 3. The Labute approximate surface area is 178 Å². The lowest BCUT2D eigenvalue weighted by Crippen LogP contribution is -2.09. The fourth-order valence-electron chi connectivity index (χ4n) is 3.36. The standard InChI is InChI=1S/C23H32N2O5/c1-14(2)7-10-19(30-12-11-15(3)4)16-13-20(28-5)21-17(24-26)8-9-18(25-27)22(21)23(16)29-6/h7-9,13,15,19,24,26H,10-12H2,1-6H3. The van der Waals surface area contributed by atoms with E-state index in [1.807, 2.05) is 19.9 Å². The van der Waals surface area contributed by atoms with Crippen LogP contribution in [0.3, 0.4) is 0 Å². The maximum atomic E-state index is 11.6. The van der Waals surface area contributed by atoms with E-state index in [9.17, 15) is 10.1 Å². The molecule has 0 aliphatic heterocycles. The summed E-state index contributed by atoms with van der Waals surface area (Å²) in [5.74, 6) is 1.48. The van der Waals surface area contributed by atoms with Gasteiger partial charge in [-0.2, -0.15) is 0 Å². The van der Waals surface area contributed by atoms with Crippen LogP contribution in [0.25, 0.3) is 10.8 Å². The summed E-state index contributed by atoms with van der Waals surface area (Å²) < 4.78 is 17.6. The molecule has 0 aliphatic rings. The normalized spacial score (nSPS) is 12.0. The molecule has 0 aromatic heterocycles. The van der Waals surface area contributed by atoms with Gasteiger partial charge in [-0.1, -0.05) is 25.5 Å². The molecule has 0 bridgehead atoms. The second kappa shape index (κ2) is 10.9. The lowest BCUT2D eigenvalue weighted by molar-refractivity contribution is 0.0460. The minimum absolute atomic E-state index is 0.198. The Kier molecular flexibility index (Phi) is 8.62. The molecule has 0 saturated carbocycles. The first-order valence-corrected chi connectivity index (χ1v) is 10.1. The molecule has 0 aliphatic carbocycles. The highest BCUT2D eigenvalue weighted by molar-refractivity contribution is 6.08. The van der Waals surface area contributed by atoms with Crippen LogP contribution in [0.2, 0.25) is 0 Å². The number of methoxy groups -OCH3 is 2. The molecule has 0 amide bonds. The molecule has 2 N–H and O–H groups in total. The third-order valence-electron chi connectivity index (χ3n) is 4.95. The first kappa shape index (κ1) is 23.6. The van der Waals surface area contributed by atoms with Crippen LogP contribution in [0.5, 0.6) is 11.5 Å². The number of rotatable bonds is 11. The molecule has 7 nitrogen and oxygen atoms in total. The molecule has 7 heteroatoms. The van der Waals surface area contributed by atoms with Crippen molar-refractivity contribution in [3.05, 3.63) is 40.3 Å². The second-order valence-electron chi connectivity index (χ2n) is 7.85. The van der Waals surface area contributed by atoms with Crippen molar-refractivity contribution < 1.29 is 19.4 Å². The Hall–Kier alpha value is -2.64. The summed E-state index contributed by atoms with van der Waals surface area (Å²) in [6.07, 6.45) is 3.39. The third-order valence-corrected chi connectivity index (χ3v) is 4.95. The fraction of sp³-hybridized carbons (Fsp3) is 0.478. The summed E-state index contributed by atoms with van der Waals surface area (Å²) in [5.41, 5.74) is 4.70. The Morgan fingerprint density at radius 3 is 2.47 bits per heavy atom. The van der Waals surface area contributed by atoms with Crippen LogP contribution < -0.4 is 15.0 Å². The Bertz CT molecular complexity index is 904. The smallest absolute Gasteiger partial charge is 0.135 e. The van der Waals surface area contributed by atoms with Gasteiger partial charge in [-0.15, -0.1) is 4.91 Å². The van der Waals surface area contributed by atoms with Crippen molar-refractivity contribution in [1.29, 1.82) is 0 Å². The Balaban J connectivity index is 2.75. The number of hydrogen-bond donors (Lipinski definition) is 2. The van der Waals surface area contributed by atoms with E-state index >= 15 is 0 Å². The summed E-state index contributed by atoms with van der Waals surface area (Å²) in [5, 5.41) is 13.7. The van der Waals surface area contributed by atoms with Gasteiger partial charge in [0, 0.05) is 12.2 Å². The van der Waals surface area contributed by atoms with Crippen molar-refractivity contribution in [1.82, 2.24) is 0 Å². The predicted molar refractivity (Wildman–Crippen MR) is 120 cm³/mol. The Morgan fingerprint density at radius 1 is 1.20 bits per heavy atom. The number of nitroso groups, excluding NO2 is 1. The van der Waals surface area contributed by atoms with Crippen molar-refractivity contribution in [3.8, 4) is 11.5 Å². The molecule has 0 saturated heterocycles. The van der Waals surface area contributed by atoms with Crippen molar-refractivity contribution in [2.75, 3.05) is 26.3 Å². The van der Waals surface area contributed by atoms with Crippen LogP contribution in [0.4, 0.5) is 11.4 Å². The van der Waals surface area contributed by atoms with Crippen molar-refractivity contribution in [2.24, 2.45) is 11.1 Å². The molecular weight excluding hydrogens is 384 g/mol. The average molecular weight is 417 g/mol. The highest BCUT2D eigenvalue weighted by atomic mass is 16.5. The summed E-state index contributed by atoms with van der Waals surface area (Å²) in [6.45, 7) is 8.98. The van der Waals surface area contributed by atoms with Gasteiger partial charge in [-0.25, -0.2) is 0 Å². The molecule has 2 rings (SSSR count). The van der Waals surface area contributed by atoms with Crippen LogP contribution in [-0.4, -0.2) is 26.0 Å². The van der Waals surface area contributed by atoms with Gasteiger partial charge in [0.2, 0.25) is 0 Å². The number of hydrogen-bond acceptors (Lipinski definition) is 7. The van der Waals surface area contributed by atoms with Crippen LogP contribution in [-0.2, 0) is 4.74 Å². The van der Waals surface area contributed by atoms with Gasteiger partial charge in [0.15, 0.2) is 0 Å². The molecule has 30 heavy (non-hydrogen) atoms. The van der Waals surface area contributed by atoms with Gasteiger partial charge < -0.3 is 14.2 Å². The molecule has 2 aromatic carbocycles. The van der Waals surface area contributed by atoms with E-state index in [-0.39, 0.29) is 11.8 Å². The monoisotopic (exact) mass is 416 g/mol. The summed E-state index contributed by atoms with van der Waals surface area (Å²) in [6, 6.07) is 4.94. The van der Waals surface area contributed by atoms with Crippen LogP contribution in [0.15, 0.2) is 35.0 Å². The van der Waals surface area contributed by atoms with Gasteiger partial charge in [0.1, 0.15) is 17.2 Å². The molecule has 0 heterocycles. The van der Waals surface area contributed by atoms with Gasteiger partial charge >= 0.3 is 0 Å². The molecule has 0 spiro atoms. The quantitative estimate of drug-likeness (QED) is 0.246. The zero-order valence-corrected chi connectivity index (χ0v) is 18.6. The topological polar surface area (TPSA) is 89.4 Å². The van der Waals surface area contributed by atoms with Gasteiger partial charge in [0.05, 0.1) is 36.8 Å².